The number of nitrogens with zero attached hydrogens (tertiary/aromatic N) is 1. The molecule has 0 saturated heterocycles. The smallest absolute Gasteiger partial charge is 0.0532 e. The second kappa shape index (κ2) is 5.34. The van der Waals surface area contributed by atoms with Crippen LogP contribution in [0.2, 0.25) is 10.0 Å². The van der Waals surface area contributed by atoms with Gasteiger partial charge in [-0.3, -0.25) is 5.10 Å². The quantitative estimate of drug-likeness (QED) is 0.882. The number of H-pyrrole nitrogens is 1. The van der Waals surface area contributed by atoms with Crippen molar-refractivity contribution in [2.24, 2.45) is 0 Å². The number of hydrogen-bond acceptors (Lipinski definition) is 2. The van der Waals surface area contributed by atoms with Crippen LogP contribution in [0.4, 0.5) is 0 Å². The molecule has 0 spiro atoms. The lowest BCUT2D eigenvalue weighted by Gasteiger charge is -2.04. The van der Waals surface area contributed by atoms with Gasteiger partial charge in [-0.05, 0) is 23.8 Å². The molecule has 5 heteroatoms. The van der Waals surface area contributed by atoms with Gasteiger partial charge in [0.15, 0.2) is 0 Å². The van der Waals surface area contributed by atoms with Gasteiger partial charge in [0.1, 0.15) is 0 Å². The zero-order valence-corrected chi connectivity index (χ0v) is 10.0. The summed E-state index contributed by atoms with van der Waals surface area (Å²) in [5.74, 6) is 0. The van der Waals surface area contributed by atoms with E-state index in [-0.39, 0.29) is 0 Å². The van der Waals surface area contributed by atoms with Crippen LogP contribution in [0.15, 0.2) is 30.6 Å². The van der Waals surface area contributed by atoms with Gasteiger partial charge in [-0.15, -0.1) is 0 Å². The van der Waals surface area contributed by atoms with Crippen molar-refractivity contribution in [2.75, 3.05) is 0 Å². The zero-order chi connectivity index (χ0) is 11.4. The van der Waals surface area contributed by atoms with Crippen molar-refractivity contribution in [3.63, 3.8) is 0 Å². The molecule has 2 aromatic rings. The minimum Gasteiger partial charge on any atom is -0.309 e. The van der Waals surface area contributed by atoms with Crippen molar-refractivity contribution < 1.29 is 0 Å². The third kappa shape index (κ3) is 3.23. The Morgan fingerprint density at radius 2 is 1.75 bits per heavy atom. The lowest BCUT2D eigenvalue weighted by Crippen LogP contribution is -2.12. The van der Waals surface area contributed by atoms with Crippen molar-refractivity contribution >= 4 is 23.2 Å². The predicted molar refractivity (Wildman–Crippen MR) is 65.6 cm³/mol. The van der Waals surface area contributed by atoms with Crippen LogP contribution in [-0.4, -0.2) is 10.2 Å². The Bertz CT molecular complexity index is 434. The molecule has 0 bridgehead atoms. The molecule has 0 unspecified atom stereocenters. The Hall–Kier alpha value is -1.03. The molecule has 0 amide bonds. The second-order valence-corrected chi connectivity index (χ2v) is 4.36. The van der Waals surface area contributed by atoms with Gasteiger partial charge in [0, 0.05) is 34.9 Å². The second-order valence-electron chi connectivity index (χ2n) is 3.49. The molecular weight excluding hydrogens is 245 g/mol. The topological polar surface area (TPSA) is 40.7 Å². The summed E-state index contributed by atoms with van der Waals surface area (Å²) in [5.41, 5.74) is 2.19. The first-order valence-corrected chi connectivity index (χ1v) is 5.63. The van der Waals surface area contributed by atoms with Crippen LogP contribution < -0.4 is 5.32 Å². The van der Waals surface area contributed by atoms with Gasteiger partial charge in [0.25, 0.3) is 0 Å². The van der Waals surface area contributed by atoms with Crippen LogP contribution in [-0.2, 0) is 13.1 Å². The summed E-state index contributed by atoms with van der Waals surface area (Å²) in [6.45, 7) is 1.49. The molecule has 1 aromatic heterocycles. The van der Waals surface area contributed by atoms with E-state index in [1.807, 2.05) is 18.3 Å². The molecule has 1 heterocycles. The maximum Gasteiger partial charge on any atom is 0.0532 e. The van der Waals surface area contributed by atoms with Crippen LogP contribution in [0.3, 0.4) is 0 Å². The summed E-state index contributed by atoms with van der Waals surface area (Å²) < 4.78 is 0. The Kier molecular flexibility index (Phi) is 3.83. The van der Waals surface area contributed by atoms with E-state index >= 15 is 0 Å². The van der Waals surface area contributed by atoms with E-state index < -0.39 is 0 Å². The molecule has 0 aliphatic rings. The van der Waals surface area contributed by atoms with Gasteiger partial charge in [0.2, 0.25) is 0 Å². The van der Waals surface area contributed by atoms with E-state index in [9.17, 15) is 0 Å². The summed E-state index contributed by atoms with van der Waals surface area (Å²) in [7, 11) is 0. The number of aromatic nitrogens is 2. The van der Waals surface area contributed by atoms with Crippen molar-refractivity contribution in [1.29, 1.82) is 0 Å². The van der Waals surface area contributed by atoms with Crippen molar-refractivity contribution in [1.82, 2.24) is 15.5 Å². The van der Waals surface area contributed by atoms with Crippen LogP contribution in [0.1, 0.15) is 11.1 Å². The molecule has 2 rings (SSSR count). The Morgan fingerprint density at radius 3 is 2.38 bits per heavy atom. The maximum absolute atomic E-state index is 5.90. The number of halogens is 2. The fourth-order valence-corrected chi connectivity index (χ4v) is 2.01. The highest BCUT2D eigenvalue weighted by Gasteiger charge is 1.98. The highest BCUT2D eigenvalue weighted by atomic mass is 35.5. The lowest BCUT2D eigenvalue weighted by atomic mass is 10.2. The zero-order valence-electron chi connectivity index (χ0n) is 8.50. The molecule has 2 N–H and O–H groups in total. The molecule has 0 fully saturated rings. The first kappa shape index (κ1) is 11.5. The van der Waals surface area contributed by atoms with E-state index in [4.69, 9.17) is 23.2 Å². The highest BCUT2D eigenvalue weighted by molar-refractivity contribution is 6.34. The number of rotatable bonds is 4. The van der Waals surface area contributed by atoms with Crippen molar-refractivity contribution in [3.8, 4) is 0 Å². The van der Waals surface area contributed by atoms with Gasteiger partial charge in [-0.2, -0.15) is 5.10 Å². The summed E-state index contributed by atoms with van der Waals surface area (Å²) in [4.78, 5) is 0. The summed E-state index contributed by atoms with van der Waals surface area (Å²) in [6, 6.07) is 5.52. The Balaban J connectivity index is 1.89. The first-order valence-electron chi connectivity index (χ1n) is 4.87. The average molecular weight is 256 g/mol. The average Bonchev–Trinajstić information content (AvgIpc) is 2.69. The molecule has 0 atom stereocenters. The molecule has 1 aromatic carbocycles. The molecule has 0 aliphatic carbocycles. The van der Waals surface area contributed by atoms with Crippen LogP contribution in [0, 0.1) is 0 Å². The third-order valence-corrected chi connectivity index (χ3v) is 2.57. The third-order valence-electron chi connectivity index (χ3n) is 2.14. The summed E-state index contributed by atoms with van der Waals surface area (Å²) in [5, 5.41) is 11.2. The number of aromatic amines is 1. The summed E-state index contributed by atoms with van der Waals surface area (Å²) in [6.07, 6.45) is 3.65. The summed E-state index contributed by atoms with van der Waals surface area (Å²) >= 11 is 11.8. The van der Waals surface area contributed by atoms with E-state index in [0.29, 0.717) is 10.0 Å². The fourth-order valence-electron chi connectivity index (χ4n) is 1.44. The van der Waals surface area contributed by atoms with Gasteiger partial charge in [-0.1, -0.05) is 23.2 Å². The van der Waals surface area contributed by atoms with E-state index in [1.165, 1.54) is 0 Å². The van der Waals surface area contributed by atoms with Gasteiger partial charge < -0.3 is 5.32 Å². The van der Waals surface area contributed by atoms with Gasteiger partial charge >= 0.3 is 0 Å². The normalized spacial score (nSPS) is 10.6. The largest absolute Gasteiger partial charge is 0.309 e. The molecule has 0 saturated carbocycles. The van der Waals surface area contributed by atoms with Crippen molar-refractivity contribution in [3.05, 3.63) is 51.8 Å². The fraction of sp³-hybridized carbons (Fsp3) is 0.182. The minimum absolute atomic E-state index is 0.660. The van der Waals surface area contributed by atoms with Crippen molar-refractivity contribution in [2.45, 2.75) is 13.1 Å². The van der Waals surface area contributed by atoms with E-state index in [2.05, 4.69) is 15.5 Å². The van der Waals surface area contributed by atoms with Gasteiger partial charge in [0.05, 0.1) is 6.20 Å². The minimum atomic E-state index is 0.660. The number of hydrogen-bond donors (Lipinski definition) is 2. The molecule has 84 valence electrons. The predicted octanol–water partition coefficient (Wildman–Crippen LogP) is 3.01. The molecule has 3 nitrogen and oxygen atoms in total. The SMILES string of the molecule is Clc1cc(Cl)cc(CNCc2cn[nH]c2)c1. The Morgan fingerprint density at radius 1 is 1.06 bits per heavy atom. The van der Waals surface area contributed by atoms with Crippen LogP contribution >= 0.6 is 23.2 Å². The molecule has 0 aliphatic heterocycles. The first-order chi connectivity index (χ1) is 7.74. The standard InChI is InChI=1S/C11H11Cl2N3/c12-10-1-8(2-11(13)3-10)4-14-5-9-6-15-16-7-9/h1-3,6-7,14H,4-5H2,(H,15,16). The van der Waals surface area contributed by atoms with Gasteiger partial charge in [-0.25, -0.2) is 0 Å². The highest BCUT2D eigenvalue weighted by Crippen LogP contribution is 2.18. The van der Waals surface area contributed by atoms with Crippen LogP contribution in [0.5, 0.6) is 0 Å². The van der Waals surface area contributed by atoms with E-state index in [1.54, 1.807) is 12.3 Å². The number of benzene rings is 1. The maximum atomic E-state index is 5.90. The molecule has 16 heavy (non-hydrogen) atoms. The number of nitrogens with one attached hydrogen (secondary N) is 2. The molecular formula is C11H11Cl2N3. The lowest BCUT2D eigenvalue weighted by molar-refractivity contribution is 0.694. The molecule has 0 radical (unpaired) electrons. The van der Waals surface area contributed by atoms with E-state index in [0.717, 1.165) is 24.2 Å². The monoisotopic (exact) mass is 255 g/mol. The Labute approximate surface area is 104 Å². The van der Waals surface area contributed by atoms with Crippen LogP contribution in [0.25, 0.3) is 0 Å².